The summed E-state index contributed by atoms with van der Waals surface area (Å²) in [7, 11) is -1.16. The Morgan fingerprint density at radius 3 is 2.65 bits per heavy atom. The van der Waals surface area contributed by atoms with Crippen molar-refractivity contribution < 1.29 is 14.6 Å². The molecule has 8 heteroatoms. The van der Waals surface area contributed by atoms with E-state index < -0.39 is 14.0 Å². The number of carboxylic acid groups (broad SMARTS) is 1. The number of alkyl halides is 1. The van der Waals surface area contributed by atoms with Gasteiger partial charge in [0.15, 0.2) is 5.82 Å². The van der Waals surface area contributed by atoms with E-state index in [0.717, 1.165) is 6.04 Å². The molecule has 6 nitrogen and oxygen atoms in total. The summed E-state index contributed by atoms with van der Waals surface area (Å²) >= 11 is 6.04. The number of aromatic carboxylic acids is 1. The molecule has 0 saturated carbocycles. The molecule has 1 atom stereocenters. The van der Waals surface area contributed by atoms with Crippen LogP contribution in [-0.4, -0.2) is 40.5 Å². The van der Waals surface area contributed by atoms with Gasteiger partial charge in [0, 0.05) is 14.7 Å². The second-order valence-corrected chi connectivity index (χ2v) is 12.0. The summed E-state index contributed by atoms with van der Waals surface area (Å²) in [5, 5.41) is 12.8. The second-order valence-electron chi connectivity index (χ2n) is 5.82. The average Bonchev–Trinajstić information content (AvgIpc) is 2.76. The molecule has 0 aliphatic heterocycles. The van der Waals surface area contributed by atoms with Gasteiger partial charge >= 0.3 is 5.97 Å². The fourth-order valence-electron chi connectivity index (χ4n) is 1.45. The molecule has 0 aliphatic carbocycles. The van der Waals surface area contributed by atoms with Crippen LogP contribution >= 0.6 is 11.6 Å². The number of hydrogen-bond donors (Lipinski definition) is 1. The van der Waals surface area contributed by atoms with Crippen LogP contribution in [0, 0.1) is 0 Å². The summed E-state index contributed by atoms with van der Waals surface area (Å²) in [6.45, 7) is 9.35. The Balaban J connectivity index is 2.68. The van der Waals surface area contributed by atoms with Crippen LogP contribution in [0.3, 0.4) is 0 Å². The van der Waals surface area contributed by atoms with E-state index in [1.807, 2.05) is 6.92 Å². The van der Waals surface area contributed by atoms with Crippen molar-refractivity contribution in [1.29, 1.82) is 0 Å². The van der Waals surface area contributed by atoms with Crippen LogP contribution < -0.4 is 0 Å². The van der Waals surface area contributed by atoms with Gasteiger partial charge in [-0.2, -0.15) is 5.10 Å². The van der Waals surface area contributed by atoms with Crippen molar-refractivity contribution in [2.45, 2.75) is 51.1 Å². The van der Waals surface area contributed by atoms with E-state index in [4.69, 9.17) is 21.4 Å². The summed E-state index contributed by atoms with van der Waals surface area (Å²) in [6.07, 6.45) is 0.640. The number of nitrogens with zero attached hydrogens (tertiary/aromatic N) is 3. The normalized spacial score (nSPS) is 13.4. The summed E-state index contributed by atoms with van der Waals surface area (Å²) in [6, 6.07) is 1.02. The van der Waals surface area contributed by atoms with Crippen LogP contribution in [0.2, 0.25) is 25.7 Å². The molecule has 1 N–H and O–H groups in total. The van der Waals surface area contributed by atoms with Crippen LogP contribution in [0.1, 0.15) is 35.2 Å². The van der Waals surface area contributed by atoms with Crippen molar-refractivity contribution in [1.82, 2.24) is 14.8 Å². The second kappa shape index (κ2) is 7.19. The minimum atomic E-state index is -1.16. The molecular weight excluding hydrogens is 298 g/mol. The standard InChI is InChI=1S/C12H22ClN3O3Si/c1-5-9(13)10-14-11(12(17)18)16(15-10)8-19-6-7-20(2,3)4/h9H,5-8H2,1-4H3,(H,17,18). The summed E-state index contributed by atoms with van der Waals surface area (Å²) in [4.78, 5) is 15.1. The van der Waals surface area contributed by atoms with Gasteiger partial charge in [0.2, 0.25) is 5.82 Å². The quantitative estimate of drug-likeness (QED) is 0.453. The van der Waals surface area contributed by atoms with E-state index >= 15 is 0 Å². The zero-order chi connectivity index (χ0) is 15.3. The van der Waals surface area contributed by atoms with E-state index in [0.29, 0.717) is 18.9 Å². The highest BCUT2D eigenvalue weighted by atomic mass is 35.5. The molecular formula is C12H22ClN3O3Si. The maximum Gasteiger partial charge on any atom is 0.373 e. The molecule has 1 heterocycles. The molecule has 1 aromatic heterocycles. The SMILES string of the molecule is CCC(Cl)c1nc(C(=O)O)n(COCC[Si](C)(C)C)n1. The molecule has 0 saturated heterocycles. The molecule has 0 aromatic carbocycles. The van der Waals surface area contributed by atoms with Crippen LogP contribution in [-0.2, 0) is 11.5 Å². The lowest BCUT2D eigenvalue weighted by Gasteiger charge is -2.15. The topological polar surface area (TPSA) is 77.2 Å². The first-order valence-electron chi connectivity index (χ1n) is 6.64. The third-order valence-electron chi connectivity index (χ3n) is 2.73. The summed E-state index contributed by atoms with van der Waals surface area (Å²) in [5.41, 5.74) is 0. The smallest absolute Gasteiger partial charge is 0.373 e. The van der Waals surface area contributed by atoms with E-state index in [-0.39, 0.29) is 17.9 Å². The minimum Gasteiger partial charge on any atom is -0.475 e. The molecule has 20 heavy (non-hydrogen) atoms. The van der Waals surface area contributed by atoms with Gasteiger partial charge in [0.1, 0.15) is 6.73 Å². The predicted octanol–water partition coefficient (Wildman–Crippen LogP) is 2.98. The maximum atomic E-state index is 11.1. The number of ether oxygens (including phenoxy) is 1. The third kappa shape index (κ3) is 5.22. The lowest BCUT2D eigenvalue weighted by atomic mass is 10.3. The molecule has 1 unspecified atom stereocenters. The highest BCUT2D eigenvalue weighted by Gasteiger charge is 2.20. The molecule has 0 amide bonds. The van der Waals surface area contributed by atoms with Gasteiger partial charge < -0.3 is 9.84 Å². The molecule has 0 bridgehead atoms. The minimum absolute atomic E-state index is 0.0897. The molecule has 0 spiro atoms. The Hall–Kier alpha value is -0.923. The molecule has 0 aliphatic rings. The Morgan fingerprint density at radius 2 is 2.15 bits per heavy atom. The van der Waals surface area contributed by atoms with Crippen molar-refractivity contribution in [2.24, 2.45) is 0 Å². The highest BCUT2D eigenvalue weighted by molar-refractivity contribution is 6.76. The van der Waals surface area contributed by atoms with Crippen molar-refractivity contribution >= 4 is 25.6 Å². The monoisotopic (exact) mass is 319 g/mol. The number of halogens is 1. The van der Waals surface area contributed by atoms with E-state index in [9.17, 15) is 4.79 Å². The summed E-state index contributed by atoms with van der Waals surface area (Å²) < 4.78 is 6.76. The highest BCUT2D eigenvalue weighted by Crippen LogP contribution is 2.20. The molecule has 0 radical (unpaired) electrons. The number of carboxylic acids is 1. The number of rotatable bonds is 8. The molecule has 1 rings (SSSR count). The van der Waals surface area contributed by atoms with Gasteiger partial charge in [0.25, 0.3) is 0 Å². The molecule has 0 fully saturated rings. The van der Waals surface area contributed by atoms with Crippen molar-refractivity contribution in [3.8, 4) is 0 Å². The van der Waals surface area contributed by atoms with Crippen LogP contribution in [0.5, 0.6) is 0 Å². The largest absolute Gasteiger partial charge is 0.475 e. The van der Waals surface area contributed by atoms with Gasteiger partial charge in [0.05, 0.1) is 5.38 Å². The first-order chi connectivity index (χ1) is 9.24. The van der Waals surface area contributed by atoms with E-state index in [2.05, 4.69) is 29.7 Å². The lowest BCUT2D eigenvalue weighted by molar-refractivity contribution is 0.0581. The van der Waals surface area contributed by atoms with Gasteiger partial charge in [-0.25, -0.2) is 14.5 Å². The van der Waals surface area contributed by atoms with Crippen molar-refractivity contribution in [3.05, 3.63) is 11.6 Å². The van der Waals surface area contributed by atoms with Crippen LogP contribution in [0.25, 0.3) is 0 Å². The number of carbonyl (C=O) groups is 1. The predicted molar refractivity (Wildman–Crippen MR) is 80.0 cm³/mol. The Bertz CT molecular complexity index is 459. The van der Waals surface area contributed by atoms with Gasteiger partial charge in [-0.1, -0.05) is 26.6 Å². The fourth-order valence-corrected chi connectivity index (χ4v) is 2.30. The van der Waals surface area contributed by atoms with Gasteiger partial charge in [-0.15, -0.1) is 11.6 Å². The summed E-state index contributed by atoms with van der Waals surface area (Å²) in [5.74, 6) is -0.926. The number of hydrogen-bond acceptors (Lipinski definition) is 4. The third-order valence-corrected chi connectivity index (χ3v) is 4.94. The Kier molecular flexibility index (Phi) is 6.16. The zero-order valence-corrected chi connectivity index (χ0v) is 14.1. The van der Waals surface area contributed by atoms with Crippen molar-refractivity contribution in [2.75, 3.05) is 6.61 Å². The van der Waals surface area contributed by atoms with Gasteiger partial charge in [-0.3, -0.25) is 0 Å². The first kappa shape index (κ1) is 17.1. The maximum absolute atomic E-state index is 11.1. The van der Waals surface area contributed by atoms with E-state index in [1.165, 1.54) is 4.68 Å². The Morgan fingerprint density at radius 1 is 1.50 bits per heavy atom. The molecule has 1 aromatic rings. The molecule has 114 valence electrons. The van der Waals surface area contributed by atoms with Gasteiger partial charge in [-0.05, 0) is 12.5 Å². The van der Waals surface area contributed by atoms with Crippen molar-refractivity contribution in [3.63, 3.8) is 0 Å². The zero-order valence-electron chi connectivity index (χ0n) is 12.4. The van der Waals surface area contributed by atoms with Crippen LogP contribution in [0.4, 0.5) is 0 Å². The lowest BCUT2D eigenvalue weighted by Crippen LogP contribution is -2.22. The van der Waals surface area contributed by atoms with Crippen LogP contribution in [0.15, 0.2) is 0 Å². The first-order valence-corrected chi connectivity index (χ1v) is 10.8. The fraction of sp³-hybridized carbons (Fsp3) is 0.750. The Labute approximate surface area is 125 Å². The average molecular weight is 320 g/mol. The number of aromatic nitrogens is 3. The van der Waals surface area contributed by atoms with E-state index in [1.54, 1.807) is 0 Å².